The predicted molar refractivity (Wildman–Crippen MR) is 111 cm³/mol. The van der Waals surface area contributed by atoms with Crippen molar-refractivity contribution in [3.8, 4) is 0 Å². The van der Waals surface area contributed by atoms with Gasteiger partial charge in [0.2, 0.25) is 5.91 Å². The summed E-state index contributed by atoms with van der Waals surface area (Å²) in [5.74, 6) is -2.72. The number of halogens is 3. The smallest absolute Gasteiger partial charge is 0.241 e. The molecule has 30 heavy (non-hydrogen) atoms. The van der Waals surface area contributed by atoms with E-state index >= 15 is 0 Å². The Hall–Kier alpha value is -2.32. The van der Waals surface area contributed by atoms with Crippen molar-refractivity contribution in [2.24, 2.45) is 16.8 Å². The third kappa shape index (κ3) is 3.41. The van der Waals surface area contributed by atoms with Crippen LogP contribution < -0.4 is 5.73 Å². The highest BCUT2D eigenvalue weighted by Gasteiger charge is 2.54. The Morgan fingerprint density at radius 2 is 2.03 bits per heavy atom. The molecule has 0 radical (unpaired) electrons. The number of rotatable bonds is 3. The molecule has 0 fully saturated rings. The Bertz CT molecular complexity index is 1030. The second kappa shape index (κ2) is 8.07. The standard InChI is InChI=1S/C22H22F3N3OS/c1-13(29)28-22(30-21(27-28)15-6-8-19(24)20(25)11-15)16(9-10-26)4-2-3-14-5-7-17(23)12-18(14)22/h5-8,11-12,16H,2-4,9-10,26H2,1H3/t16-,22+/m1/s1. The number of carbonyl (C=O) groups excluding carboxylic acids is 1. The van der Waals surface area contributed by atoms with Crippen molar-refractivity contribution in [3.63, 3.8) is 0 Å². The molecule has 0 bridgehead atoms. The van der Waals surface area contributed by atoms with Gasteiger partial charge in [0.1, 0.15) is 15.7 Å². The number of carbonyl (C=O) groups is 1. The molecule has 0 saturated heterocycles. The molecular weight excluding hydrogens is 411 g/mol. The molecule has 158 valence electrons. The third-order valence-corrected chi connectivity index (χ3v) is 7.30. The number of amides is 1. The summed E-state index contributed by atoms with van der Waals surface area (Å²) in [5.41, 5.74) is 7.92. The van der Waals surface area contributed by atoms with Gasteiger partial charge in [-0.05, 0) is 79.6 Å². The van der Waals surface area contributed by atoms with Gasteiger partial charge in [0.25, 0.3) is 0 Å². The maximum Gasteiger partial charge on any atom is 0.241 e. The second-order valence-electron chi connectivity index (χ2n) is 7.63. The fourth-order valence-corrected chi connectivity index (χ4v) is 6.07. The largest absolute Gasteiger partial charge is 0.330 e. The van der Waals surface area contributed by atoms with Crippen molar-refractivity contribution in [3.05, 3.63) is 70.5 Å². The summed E-state index contributed by atoms with van der Waals surface area (Å²) in [6.07, 6.45) is 3.03. The Kier molecular flexibility index (Phi) is 5.63. The van der Waals surface area contributed by atoms with E-state index in [0.29, 0.717) is 29.1 Å². The first-order valence-corrected chi connectivity index (χ1v) is 10.7. The van der Waals surface area contributed by atoms with Gasteiger partial charge in [-0.15, -0.1) is 0 Å². The third-order valence-electron chi connectivity index (χ3n) is 5.75. The molecule has 8 heteroatoms. The molecule has 1 aliphatic carbocycles. The topological polar surface area (TPSA) is 58.7 Å². The van der Waals surface area contributed by atoms with Gasteiger partial charge >= 0.3 is 0 Å². The molecule has 4 rings (SSSR count). The van der Waals surface area contributed by atoms with E-state index < -0.39 is 22.3 Å². The number of hydrogen-bond acceptors (Lipinski definition) is 4. The van der Waals surface area contributed by atoms with Gasteiger partial charge in [0, 0.05) is 12.5 Å². The first-order chi connectivity index (χ1) is 14.4. The molecule has 0 unspecified atom stereocenters. The summed E-state index contributed by atoms with van der Waals surface area (Å²) in [6.45, 7) is 1.81. The molecule has 4 nitrogen and oxygen atoms in total. The zero-order valence-corrected chi connectivity index (χ0v) is 17.3. The molecule has 2 aromatic carbocycles. The van der Waals surface area contributed by atoms with Crippen LogP contribution in [0.1, 0.15) is 42.9 Å². The number of fused-ring (bicyclic) bond motifs is 2. The fourth-order valence-electron chi connectivity index (χ4n) is 4.45. The molecule has 0 saturated carbocycles. The zero-order valence-electron chi connectivity index (χ0n) is 16.5. The number of hydrogen-bond donors (Lipinski definition) is 1. The zero-order chi connectivity index (χ0) is 21.5. The Labute approximate surface area is 177 Å². The number of nitrogens with zero attached hydrogens (tertiary/aromatic N) is 2. The number of aryl methyl sites for hydroxylation is 1. The lowest BCUT2D eigenvalue weighted by molar-refractivity contribution is -0.133. The highest BCUT2D eigenvalue weighted by Crippen LogP contribution is 2.56. The van der Waals surface area contributed by atoms with Gasteiger partial charge in [0.15, 0.2) is 11.6 Å². The van der Waals surface area contributed by atoms with Crippen molar-refractivity contribution < 1.29 is 18.0 Å². The van der Waals surface area contributed by atoms with E-state index in [1.807, 2.05) is 0 Å². The van der Waals surface area contributed by atoms with Crippen molar-refractivity contribution in [2.45, 2.75) is 37.5 Å². The van der Waals surface area contributed by atoms with Crippen LogP contribution in [0.5, 0.6) is 0 Å². The van der Waals surface area contributed by atoms with Gasteiger partial charge in [-0.1, -0.05) is 17.8 Å². The lowest BCUT2D eigenvalue weighted by Crippen LogP contribution is -2.46. The number of thioether (sulfide) groups is 1. The van der Waals surface area contributed by atoms with Gasteiger partial charge in [-0.25, -0.2) is 18.2 Å². The quantitative estimate of drug-likeness (QED) is 0.775. The number of benzene rings is 2. The summed E-state index contributed by atoms with van der Waals surface area (Å²) in [4.78, 5) is 11.7. The fraction of sp³-hybridized carbons (Fsp3) is 0.364. The Balaban J connectivity index is 1.91. The van der Waals surface area contributed by atoms with E-state index in [4.69, 9.17) is 5.73 Å². The lowest BCUT2D eigenvalue weighted by atomic mass is 9.86. The number of hydrazone groups is 1. The minimum Gasteiger partial charge on any atom is -0.330 e. The van der Waals surface area contributed by atoms with Crippen molar-refractivity contribution in [1.82, 2.24) is 5.01 Å². The van der Waals surface area contributed by atoms with Gasteiger partial charge < -0.3 is 5.73 Å². The second-order valence-corrected chi connectivity index (χ2v) is 8.84. The van der Waals surface area contributed by atoms with Crippen molar-refractivity contribution >= 4 is 22.7 Å². The molecule has 2 atom stereocenters. The molecule has 2 aliphatic rings. The average molecular weight is 433 g/mol. The van der Waals surface area contributed by atoms with Gasteiger partial charge in [0.05, 0.1) is 0 Å². The molecule has 1 heterocycles. The molecule has 2 N–H and O–H groups in total. The Morgan fingerprint density at radius 1 is 1.23 bits per heavy atom. The van der Waals surface area contributed by atoms with Crippen LogP contribution >= 0.6 is 11.8 Å². The maximum absolute atomic E-state index is 14.4. The summed E-state index contributed by atoms with van der Waals surface area (Å²) < 4.78 is 41.7. The summed E-state index contributed by atoms with van der Waals surface area (Å²) in [6, 6.07) is 8.18. The molecular formula is C22H22F3N3OS. The average Bonchev–Trinajstić information content (AvgIpc) is 3.05. The summed E-state index contributed by atoms with van der Waals surface area (Å²) in [5, 5.41) is 6.30. The van der Waals surface area contributed by atoms with E-state index in [9.17, 15) is 18.0 Å². The predicted octanol–water partition coefficient (Wildman–Crippen LogP) is 4.52. The van der Waals surface area contributed by atoms with Crippen LogP contribution in [0.3, 0.4) is 0 Å². The van der Waals surface area contributed by atoms with E-state index in [1.54, 1.807) is 6.07 Å². The highest BCUT2D eigenvalue weighted by atomic mass is 32.2. The molecule has 2 aromatic rings. The molecule has 0 aromatic heterocycles. The summed E-state index contributed by atoms with van der Waals surface area (Å²) >= 11 is 1.29. The van der Waals surface area contributed by atoms with Crippen LogP contribution in [0.2, 0.25) is 0 Å². The molecule has 1 spiro atoms. The minimum atomic E-state index is -0.989. The molecule has 1 aliphatic heterocycles. The highest BCUT2D eigenvalue weighted by molar-refractivity contribution is 8.15. The van der Waals surface area contributed by atoms with E-state index in [1.165, 1.54) is 41.9 Å². The van der Waals surface area contributed by atoms with E-state index in [2.05, 4.69) is 5.10 Å². The van der Waals surface area contributed by atoms with Crippen LogP contribution in [0.25, 0.3) is 0 Å². The normalized spacial score (nSPS) is 23.3. The van der Waals surface area contributed by atoms with Crippen LogP contribution in [-0.2, 0) is 16.1 Å². The molecule has 1 amide bonds. The maximum atomic E-state index is 14.4. The SMILES string of the molecule is CC(=O)N1N=C(c2ccc(F)c(F)c2)S[C@@]12c1cc(F)ccc1CCC[C@@H]2CCN. The number of nitrogens with two attached hydrogens (primary N) is 1. The van der Waals surface area contributed by atoms with Crippen LogP contribution in [-0.4, -0.2) is 22.5 Å². The van der Waals surface area contributed by atoms with E-state index in [-0.39, 0.29) is 11.8 Å². The van der Waals surface area contributed by atoms with Gasteiger partial charge in [-0.2, -0.15) is 5.10 Å². The van der Waals surface area contributed by atoms with Crippen LogP contribution in [0, 0.1) is 23.4 Å². The Morgan fingerprint density at radius 3 is 2.73 bits per heavy atom. The van der Waals surface area contributed by atoms with E-state index in [0.717, 1.165) is 37.0 Å². The monoisotopic (exact) mass is 433 g/mol. The first-order valence-electron chi connectivity index (χ1n) is 9.89. The van der Waals surface area contributed by atoms with Crippen molar-refractivity contribution in [2.75, 3.05) is 6.54 Å². The van der Waals surface area contributed by atoms with Gasteiger partial charge in [-0.3, -0.25) is 4.79 Å². The first kappa shape index (κ1) is 20.9. The van der Waals surface area contributed by atoms with Crippen LogP contribution in [0.4, 0.5) is 13.2 Å². The van der Waals surface area contributed by atoms with Crippen molar-refractivity contribution in [1.29, 1.82) is 0 Å². The summed E-state index contributed by atoms with van der Waals surface area (Å²) in [7, 11) is 0. The lowest BCUT2D eigenvalue weighted by Gasteiger charge is -2.41. The van der Waals surface area contributed by atoms with Crippen LogP contribution in [0.15, 0.2) is 41.5 Å². The minimum absolute atomic E-state index is 0.0778.